The van der Waals surface area contributed by atoms with Crippen LogP contribution in [0.5, 0.6) is 0 Å². The topological polar surface area (TPSA) is 35.8 Å². The first kappa shape index (κ1) is 10.0. The number of aliphatic hydroxyl groups excluding tert-OH is 1. The third-order valence-electron chi connectivity index (χ3n) is 1.55. The van der Waals surface area contributed by atoms with Crippen molar-refractivity contribution in [3.63, 3.8) is 0 Å². The molecule has 11 heavy (non-hydrogen) atoms. The quantitative estimate of drug-likeness (QED) is 0.376. The average molecular weight is 156 g/mol. The van der Waals surface area contributed by atoms with Gasteiger partial charge in [0.15, 0.2) is 0 Å². The van der Waals surface area contributed by atoms with E-state index in [1.807, 2.05) is 18.9 Å². The van der Waals surface area contributed by atoms with Gasteiger partial charge in [-0.05, 0) is 20.8 Å². The van der Waals surface area contributed by atoms with Crippen molar-refractivity contribution in [1.82, 2.24) is 4.90 Å². The van der Waals surface area contributed by atoms with Crippen molar-refractivity contribution in [2.45, 2.75) is 20.8 Å². The van der Waals surface area contributed by atoms with Crippen molar-refractivity contribution in [3.8, 4) is 0 Å². The van der Waals surface area contributed by atoms with Crippen LogP contribution in [0.15, 0.2) is 17.0 Å². The van der Waals surface area contributed by atoms with Crippen LogP contribution in [0, 0.1) is 0 Å². The average Bonchev–Trinajstić information content (AvgIpc) is 2.02. The first-order chi connectivity index (χ1) is 5.11. The first-order valence-electron chi connectivity index (χ1n) is 3.69. The Bertz CT molecular complexity index is 173. The molecule has 0 atom stereocenters. The molecule has 0 aromatic heterocycles. The van der Waals surface area contributed by atoms with Gasteiger partial charge in [0.05, 0.1) is 5.70 Å². The van der Waals surface area contributed by atoms with Crippen LogP contribution >= 0.6 is 0 Å². The molecular formula is C8H16N2O. The molecule has 0 amide bonds. The largest absolute Gasteiger partial charge is 0.514 e. The van der Waals surface area contributed by atoms with Gasteiger partial charge in [-0.3, -0.25) is 0 Å². The Labute approximate surface area is 68.1 Å². The van der Waals surface area contributed by atoms with E-state index in [0.29, 0.717) is 5.70 Å². The third kappa shape index (κ3) is 3.65. The highest BCUT2D eigenvalue weighted by atomic mass is 16.2. The van der Waals surface area contributed by atoms with Crippen molar-refractivity contribution in [2.24, 2.45) is 4.99 Å². The molecule has 0 bridgehead atoms. The lowest BCUT2D eigenvalue weighted by Gasteiger charge is -2.15. The van der Waals surface area contributed by atoms with E-state index in [0.717, 1.165) is 18.6 Å². The number of aliphatic hydroxyl groups is 1. The van der Waals surface area contributed by atoms with E-state index >= 15 is 0 Å². The Hall–Kier alpha value is -0.990. The summed E-state index contributed by atoms with van der Waals surface area (Å²) in [5, 5.41) is 8.55. The minimum Gasteiger partial charge on any atom is -0.514 e. The van der Waals surface area contributed by atoms with Crippen LogP contribution in [0.25, 0.3) is 0 Å². The van der Waals surface area contributed by atoms with Gasteiger partial charge in [0.1, 0.15) is 12.1 Å². The van der Waals surface area contributed by atoms with E-state index in [2.05, 4.69) is 11.9 Å². The molecule has 0 saturated carbocycles. The van der Waals surface area contributed by atoms with Crippen molar-refractivity contribution in [3.05, 3.63) is 12.0 Å². The molecule has 0 spiro atoms. The Kier molecular flexibility index (Phi) is 4.34. The van der Waals surface area contributed by atoms with Crippen molar-refractivity contribution in [1.29, 1.82) is 0 Å². The molecule has 0 rings (SSSR count). The van der Waals surface area contributed by atoms with Gasteiger partial charge < -0.3 is 10.0 Å². The smallest absolute Gasteiger partial charge is 0.101 e. The van der Waals surface area contributed by atoms with E-state index in [9.17, 15) is 0 Å². The lowest BCUT2D eigenvalue weighted by Crippen LogP contribution is -2.23. The molecule has 0 radical (unpaired) electrons. The lowest BCUT2D eigenvalue weighted by atomic mass is 10.5. The monoisotopic (exact) mass is 156 g/mol. The maximum Gasteiger partial charge on any atom is 0.101 e. The van der Waals surface area contributed by atoms with Crippen molar-refractivity contribution < 1.29 is 5.11 Å². The third-order valence-corrected chi connectivity index (χ3v) is 1.55. The number of hydrogen-bond donors (Lipinski definition) is 1. The fourth-order valence-electron chi connectivity index (χ4n) is 0.598. The minimum atomic E-state index is 0.628. The normalized spacial score (nSPS) is 13.5. The highest BCUT2D eigenvalue weighted by molar-refractivity contribution is 5.80. The molecule has 0 fully saturated rings. The van der Waals surface area contributed by atoms with E-state index in [1.54, 1.807) is 6.92 Å². The van der Waals surface area contributed by atoms with Gasteiger partial charge in [0, 0.05) is 13.6 Å². The predicted octanol–water partition coefficient (Wildman–Crippen LogP) is 1.78. The van der Waals surface area contributed by atoms with E-state index < -0.39 is 0 Å². The zero-order valence-electron chi connectivity index (χ0n) is 7.63. The second kappa shape index (κ2) is 4.77. The molecule has 0 aromatic carbocycles. The summed E-state index contributed by atoms with van der Waals surface area (Å²) in [7, 11) is 1.96. The van der Waals surface area contributed by atoms with Crippen molar-refractivity contribution in [2.75, 3.05) is 13.6 Å². The molecule has 64 valence electrons. The summed E-state index contributed by atoms with van der Waals surface area (Å²) in [4.78, 5) is 6.13. The van der Waals surface area contributed by atoms with Gasteiger partial charge in [0.25, 0.3) is 0 Å². The summed E-state index contributed by atoms with van der Waals surface area (Å²) in [5.74, 6) is 0.912. The fourth-order valence-corrected chi connectivity index (χ4v) is 0.598. The van der Waals surface area contributed by atoms with Crippen LogP contribution in [0.2, 0.25) is 0 Å². The lowest BCUT2D eigenvalue weighted by molar-refractivity contribution is 0.465. The highest BCUT2D eigenvalue weighted by Crippen LogP contribution is 1.95. The molecule has 0 unspecified atom stereocenters. The second-order valence-electron chi connectivity index (χ2n) is 2.44. The molecule has 3 nitrogen and oxygen atoms in total. The Morgan fingerprint density at radius 1 is 1.55 bits per heavy atom. The van der Waals surface area contributed by atoms with E-state index in [-0.39, 0.29) is 0 Å². The van der Waals surface area contributed by atoms with Gasteiger partial charge in [-0.15, -0.1) is 0 Å². The van der Waals surface area contributed by atoms with E-state index in [1.165, 1.54) is 0 Å². The molecular weight excluding hydrogens is 140 g/mol. The number of amidine groups is 1. The SMILES string of the molecule is CCN(C)C(C)=N/C(C)=C\O. The van der Waals surface area contributed by atoms with Crippen molar-refractivity contribution >= 4 is 5.84 Å². The fraction of sp³-hybridized carbons (Fsp3) is 0.625. The van der Waals surface area contributed by atoms with Gasteiger partial charge in [-0.25, -0.2) is 4.99 Å². The standard InChI is InChI=1S/C8H16N2O/c1-5-10(4)8(3)9-7(2)6-11/h6,11H,5H2,1-4H3/b7-6-,9-8?. The minimum absolute atomic E-state index is 0.628. The Balaban J connectivity index is 4.21. The molecule has 0 aliphatic carbocycles. The van der Waals surface area contributed by atoms with Crippen LogP contribution in [-0.4, -0.2) is 29.4 Å². The number of hydrogen-bond acceptors (Lipinski definition) is 2. The van der Waals surface area contributed by atoms with Crippen LogP contribution < -0.4 is 0 Å². The summed E-state index contributed by atoms with van der Waals surface area (Å²) in [6.45, 7) is 6.65. The van der Waals surface area contributed by atoms with Crippen LogP contribution in [-0.2, 0) is 0 Å². The number of nitrogens with zero attached hydrogens (tertiary/aromatic N) is 2. The summed E-state index contributed by atoms with van der Waals surface area (Å²) in [6, 6.07) is 0. The summed E-state index contributed by atoms with van der Waals surface area (Å²) >= 11 is 0. The zero-order valence-corrected chi connectivity index (χ0v) is 7.63. The second-order valence-corrected chi connectivity index (χ2v) is 2.44. The molecule has 0 aromatic rings. The number of allylic oxidation sites excluding steroid dienone is 1. The maximum atomic E-state index is 8.55. The summed E-state index contributed by atoms with van der Waals surface area (Å²) in [5.41, 5.74) is 0.628. The Morgan fingerprint density at radius 2 is 2.09 bits per heavy atom. The zero-order chi connectivity index (χ0) is 8.85. The molecule has 3 heteroatoms. The van der Waals surface area contributed by atoms with E-state index in [4.69, 9.17) is 5.11 Å². The van der Waals surface area contributed by atoms with Gasteiger partial charge >= 0.3 is 0 Å². The van der Waals surface area contributed by atoms with Crippen LogP contribution in [0.4, 0.5) is 0 Å². The molecule has 0 aliphatic rings. The highest BCUT2D eigenvalue weighted by Gasteiger charge is 1.95. The van der Waals surface area contributed by atoms with Crippen LogP contribution in [0.1, 0.15) is 20.8 Å². The predicted molar refractivity (Wildman–Crippen MR) is 47.8 cm³/mol. The van der Waals surface area contributed by atoms with Crippen LogP contribution in [0.3, 0.4) is 0 Å². The number of rotatable bonds is 2. The summed E-state index contributed by atoms with van der Waals surface area (Å²) in [6.07, 6.45) is 1.01. The maximum absolute atomic E-state index is 8.55. The Morgan fingerprint density at radius 3 is 2.45 bits per heavy atom. The molecule has 1 N–H and O–H groups in total. The summed E-state index contributed by atoms with van der Waals surface area (Å²) < 4.78 is 0. The first-order valence-corrected chi connectivity index (χ1v) is 3.69. The molecule has 0 aliphatic heterocycles. The molecule has 0 saturated heterocycles. The van der Waals surface area contributed by atoms with Gasteiger partial charge in [-0.1, -0.05) is 0 Å². The van der Waals surface area contributed by atoms with Gasteiger partial charge in [0.2, 0.25) is 0 Å². The molecule has 0 heterocycles. The number of aliphatic imine (C=N–C) groups is 1. The van der Waals surface area contributed by atoms with Gasteiger partial charge in [-0.2, -0.15) is 0 Å².